The van der Waals surface area contributed by atoms with Crippen molar-refractivity contribution in [2.24, 2.45) is 0 Å². The zero-order chi connectivity index (χ0) is 20.0. The van der Waals surface area contributed by atoms with Crippen molar-refractivity contribution >= 4 is 63.9 Å². The van der Waals surface area contributed by atoms with Gasteiger partial charge in [0.25, 0.3) is 0 Å². The molecule has 0 bridgehead atoms. The molecule has 0 atom stereocenters. The highest BCUT2D eigenvalue weighted by Gasteiger charge is 2.16. The second kappa shape index (κ2) is 9.45. The van der Waals surface area contributed by atoms with Gasteiger partial charge in [-0.3, -0.25) is 14.4 Å². The van der Waals surface area contributed by atoms with Crippen LogP contribution in [-0.4, -0.2) is 31.4 Å². The van der Waals surface area contributed by atoms with E-state index in [1.165, 1.54) is 31.4 Å². The zero-order valence-corrected chi connectivity index (χ0v) is 16.2. The average molecular weight is 431 g/mol. The third-order valence-electron chi connectivity index (χ3n) is 3.23. The fourth-order valence-corrected chi connectivity index (χ4v) is 2.45. The smallest absolute Gasteiger partial charge is 0.313 e. The molecule has 27 heavy (non-hydrogen) atoms. The molecule has 10 heteroatoms. The summed E-state index contributed by atoms with van der Waals surface area (Å²) in [6, 6.07) is 9.04. The van der Waals surface area contributed by atoms with Crippen molar-refractivity contribution < 1.29 is 19.1 Å². The second-order valence-corrected chi connectivity index (χ2v) is 6.41. The summed E-state index contributed by atoms with van der Waals surface area (Å²) in [6.07, 6.45) is 0. The predicted octanol–water partition coefficient (Wildman–Crippen LogP) is 3.35. The third-order valence-corrected chi connectivity index (χ3v) is 4.20. The third kappa shape index (κ3) is 6.02. The highest BCUT2D eigenvalue weighted by Crippen LogP contribution is 2.27. The van der Waals surface area contributed by atoms with E-state index in [9.17, 15) is 14.4 Å². The first kappa shape index (κ1) is 20.8. The van der Waals surface area contributed by atoms with Crippen LogP contribution < -0.4 is 20.7 Å². The van der Waals surface area contributed by atoms with Crippen molar-refractivity contribution in [3.63, 3.8) is 0 Å². The van der Waals surface area contributed by atoms with Gasteiger partial charge in [-0.15, -0.1) is 0 Å². The fourth-order valence-electron chi connectivity index (χ4n) is 1.97. The lowest BCUT2D eigenvalue weighted by atomic mass is 10.3. The second-order valence-electron chi connectivity index (χ2n) is 5.16. The van der Waals surface area contributed by atoms with E-state index in [0.717, 1.165) is 0 Å². The van der Waals surface area contributed by atoms with Gasteiger partial charge in [-0.05, 0) is 36.4 Å². The average Bonchev–Trinajstić information content (AvgIpc) is 2.63. The number of nitrogens with one attached hydrogen (secondary N) is 3. The summed E-state index contributed by atoms with van der Waals surface area (Å²) in [5.41, 5.74) is 0.627. The van der Waals surface area contributed by atoms with Crippen molar-refractivity contribution in [3.8, 4) is 5.75 Å². The number of amides is 3. The maximum absolute atomic E-state index is 12.0. The Kier molecular flexibility index (Phi) is 7.29. The van der Waals surface area contributed by atoms with Gasteiger partial charge in [0.2, 0.25) is 5.91 Å². The van der Waals surface area contributed by atoms with E-state index in [4.69, 9.17) is 39.5 Å². The highest BCUT2D eigenvalue weighted by atomic mass is 35.5. The van der Waals surface area contributed by atoms with Gasteiger partial charge in [0.15, 0.2) is 0 Å². The molecule has 0 fully saturated rings. The van der Waals surface area contributed by atoms with Gasteiger partial charge < -0.3 is 20.7 Å². The number of hydrogen-bond donors (Lipinski definition) is 3. The Labute approximate surface area is 169 Å². The van der Waals surface area contributed by atoms with Crippen molar-refractivity contribution in [1.82, 2.24) is 5.32 Å². The summed E-state index contributed by atoms with van der Waals surface area (Å²) in [6.45, 7) is -0.427. The summed E-state index contributed by atoms with van der Waals surface area (Å²) < 4.78 is 5.10. The molecule has 2 rings (SSSR count). The Balaban J connectivity index is 1.89. The number of carbonyl (C=O) groups is 3. The van der Waals surface area contributed by atoms with Crippen molar-refractivity contribution in [2.45, 2.75) is 0 Å². The minimum atomic E-state index is -0.991. The molecule has 3 N–H and O–H groups in total. The molecular weight excluding hydrogens is 417 g/mol. The Morgan fingerprint density at radius 1 is 0.926 bits per heavy atom. The van der Waals surface area contributed by atoms with Crippen molar-refractivity contribution in [2.75, 3.05) is 24.3 Å². The largest absolute Gasteiger partial charge is 0.495 e. The molecule has 0 unspecified atom stereocenters. The minimum Gasteiger partial charge on any atom is -0.495 e. The van der Waals surface area contributed by atoms with E-state index in [-0.39, 0.29) is 10.7 Å². The molecule has 142 valence electrons. The number of carbonyl (C=O) groups excluding carboxylic acids is 3. The highest BCUT2D eigenvalue weighted by molar-refractivity contribution is 6.43. The molecule has 3 amide bonds. The van der Waals surface area contributed by atoms with Crippen LogP contribution in [-0.2, 0) is 14.4 Å². The van der Waals surface area contributed by atoms with Crippen LogP contribution in [0.15, 0.2) is 36.4 Å². The minimum absolute atomic E-state index is 0.227. The van der Waals surface area contributed by atoms with Crippen molar-refractivity contribution in [1.29, 1.82) is 0 Å². The monoisotopic (exact) mass is 429 g/mol. The van der Waals surface area contributed by atoms with Crippen LogP contribution in [0.25, 0.3) is 0 Å². The number of anilines is 2. The number of benzene rings is 2. The summed E-state index contributed by atoms with van der Waals surface area (Å²) in [4.78, 5) is 35.7. The molecule has 0 spiro atoms. The van der Waals surface area contributed by atoms with Gasteiger partial charge in [0.1, 0.15) is 5.75 Å². The Bertz CT molecular complexity index is 890. The fraction of sp³-hybridized carbons (Fsp3) is 0.118. The summed E-state index contributed by atoms with van der Waals surface area (Å²) in [5, 5.41) is 8.02. The maximum Gasteiger partial charge on any atom is 0.313 e. The molecule has 2 aromatic carbocycles. The molecule has 0 aliphatic carbocycles. The quantitative estimate of drug-likeness (QED) is 0.634. The Morgan fingerprint density at radius 3 is 2.33 bits per heavy atom. The molecule has 0 radical (unpaired) electrons. The van der Waals surface area contributed by atoms with Crippen LogP contribution in [0.5, 0.6) is 5.75 Å². The first-order valence-corrected chi connectivity index (χ1v) is 8.61. The van der Waals surface area contributed by atoms with Gasteiger partial charge in [-0.1, -0.05) is 34.8 Å². The van der Waals surface area contributed by atoms with Crippen LogP contribution in [0, 0.1) is 0 Å². The van der Waals surface area contributed by atoms with E-state index in [1.807, 2.05) is 0 Å². The number of methoxy groups -OCH3 is 1. The molecule has 0 aromatic heterocycles. The lowest BCUT2D eigenvalue weighted by molar-refractivity contribution is -0.136. The van der Waals surface area contributed by atoms with Gasteiger partial charge in [0, 0.05) is 10.7 Å². The van der Waals surface area contributed by atoms with Crippen LogP contribution in [0.2, 0.25) is 15.1 Å². The van der Waals surface area contributed by atoms with E-state index < -0.39 is 24.3 Å². The number of ether oxygens (including phenoxy) is 1. The van der Waals surface area contributed by atoms with Crippen LogP contribution in [0.1, 0.15) is 0 Å². The van der Waals surface area contributed by atoms with E-state index in [2.05, 4.69) is 16.0 Å². The Morgan fingerprint density at radius 2 is 1.67 bits per heavy atom. The van der Waals surface area contributed by atoms with Crippen LogP contribution in [0.4, 0.5) is 11.4 Å². The number of halogens is 3. The van der Waals surface area contributed by atoms with Crippen LogP contribution in [0.3, 0.4) is 0 Å². The van der Waals surface area contributed by atoms with E-state index >= 15 is 0 Å². The standard InChI is InChI=1S/C17H14Cl3N3O4/c1-27-14-5-2-9(18)6-13(14)23-15(24)8-21-16(25)17(26)22-10-3-4-11(19)12(20)7-10/h2-7H,8H2,1H3,(H,21,25)(H,22,26)(H,23,24). The van der Waals surface area contributed by atoms with Crippen LogP contribution >= 0.6 is 34.8 Å². The molecule has 0 heterocycles. The molecule has 2 aromatic rings. The number of hydrogen-bond acceptors (Lipinski definition) is 4. The first-order chi connectivity index (χ1) is 12.8. The molecule has 0 aliphatic heterocycles. The lowest BCUT2D eigenvalue weighted by Crippen LogP contribution is -2.39. The normalized spacial score (nSPS) is 10.1. The van der Waals surface area contributed by atoms with Gasteiger partial charge >= 0.3 is 11.8 Å². The number of rotatable bonds is 5. The topological polar surface area (TPSA) is 96.5 Å². The molecule has 0 saturated heterocycles. The summed E-state index contributed by atoms with van der Waals surface area (Å²) >= 11 is 17.5. The van der Waals surface area contributed by atoms with Gasteiger partial charge in [0.05, 0.1) is 29.4 Å². The molecule has 0 aliphatic rings. The molecular formula is C17H14Cl3N3O4. The Hall–Kier alpha value is -2.48. The molecule has 0 saturated carbocycles. The maximum atomic E-state index is 12.0. The first-order valence-electron chi connectivity index (χ1n) is 7.47. The van der Waals surface area contributed by atoms with Gasteiger partial charge in [-0.2, -0.15) is 0 Å². The van der Waals surface area contributed by atoms with E-state index in [0.29, 0.717) is 21.5 Å². The van der Waals surface area contributed by atoms with E-state index in [1.54, 1.807) is 12.1 Å². The lowest BCUT2D eigenvalue weighted by Gasteiger charge is -2.11. The summed E-state index contributed by atoms with van der Waals surface area (Å²) in [5.74, 6) is -2.11. The van der Waals surface area contributed by atoms with Crippen molar-refractivity contribution in [3.05, 3.63) is 51.5 Å². The molecule has 7 nitrogen and oxygen atoms in total. The predicted molar refractivity (Wildman–Crippen MR) is 105 cm³/mol. The van der Waals surface area contributed by atoms with Gasteiger partial charge in [-0.25, -0.2) is 0 Å². The SMILES string of the molecule is COc1ccc(Cl)cc1NC(=O)CNC(=O)C(=O)Nc1ccc(Cl)c(Cl)c1. The summed E-state index contributed by atoms with van der Waals surface area (Å²) in [7, 11) is 1.44. The zero-order valence-electron chi connectivity index (χ0n) is 13.9.